The second-order valence-corrected chi connectivity index (χ2v) is 2.74. The quantitative estimate of drug-likeness (QED) is 0.587. The second kappa shape index (κ2) is 4.01. The summed E-state index contributed by atoms with van der Waals surface area (Å²) in [6.07, 6.45) is 0.668. The van der Waals surface area contributed by atoms with Gasteiger partial charge in [-0.25, -0.2) is 0 Å². The molecule has 68 valence electrons. The van der Waals surface area contributed by atoms with Crippen molar-refractivity contribution in [2.45, 2.75) is 25.4 Å². The van der Waals surface area contributed by atoms with Crippen LogP contribution in [-0.2, 0) is 9.59 Å². The molecule has 2 N–H and O–H groups in total. The predicted octanol–water partition coefficient (Wildman–Crippen LogP) is 0.357. The Hall–Kier alpha value is -1.16. The predicted molar refractivity (Wildman–Crippen MR) is 42.7 cm³/mol. The van der Waals surface area contributed by atoms with Crippen molar-refractivity contribution < 1.29 is 19.8 Å². The highest BCUT2D eigenvalue weighted by Crippen LogP contribution is 2.13. The van der Waals surface area contributed by atoms with Crippen molar-refractivity contribution in [3.8, 4) is 0 Å². The van der Waals surface area contributed by atoms with Gasteiger partial charge in [0.05, 0.1) is 0 Å². The maximum Gasteiger partial charge on any atom is 0.303 e. The minimum absolute atomic E-state index is 0.0901. The Kier molecular flexibility index (Phi) is 3.63. The van der Waals surface area contributed by atoms with Gasteiger partial charge in [-0.1, -0.05) is 6.58 Å². The van der Waals surface area contributed by atoms with Gasteiger partial charge in [0.15, 0.2) is 5.78 Å². The molecular formula is C8H12O4. The highest BCUT2D eigenvalue weighted by atomic mass is 16.4. The van der Waals surface area contributed by atoms with Crippen molar-refractivity contribution in [3.63, 3.8) is 0 Å². The zero-order chi connectivity index (χ0) is 9.78. The van der Waals surface area contributed by atoms with E-state index in [4.69, 9.17) is 5.11 Å². The van der Waals surface area contributed by atoms with E-state index in [1.54, 1.807) is 0 Å². The van der Waals surface area contributed by atoms with Gasteiger partial charge in [0.25, 0.3) is 0 Å². The zero-order valence-electron chi connectivity index (χ0n) is 6.91. The Morgan fingerprint density at radius 3 is 2.42 bits per heavy atom. The van der Waals surface area contributed by atoms with E-state index in [1.807, 2.05) is 0 Å². The molecule has 4 nitrogen and oxygen atoms in total. The summed E-state index contributed by atoms with van der Waals surface area (Å²) < 4.78 is 0. The summed E-state index contributed by atoms with van der Waals surface area (Å²) in [5.74, 6) is -1.59. The van der Waals surface area contributed by atoms with Crippen molar-refractivity contribution in [2.75, 3.05) is 0 Å². The van der Waals surface area contributed by atoms with Crippen LogP contribution in [0.3, 0.4) is 0 Å². The van der Waals surface area contributed by atoms with Gasteiger partial charge in [0, 0.05) is 6.42 Å². The van der Waals surface area contributed by atoms with Crippen LogP contribution < -0.4 is 0 Å². The molecule has 0 aromatic carbocycles. The summed E-state index contributed by atoms with van der Waals surface area (Å²) >= 11 is 0. The highest BCUT2D eigenvalue weighted by molar-refractivity contribution is 5.96. The van der Waals surface area contributed by atoms with Crippen LogP contribution in [0.1, 0.15) is 19.8 Å². The van der Waals surface area contributed by atoms with Crippen molar-refractivity contribution in [3.05, 3.63) is 12.7 Å². The van der Waals surface area contributed by atoms with Gasteiger partial charge >= 0.3 is 5.97 Å². The zero-order valence-corrected chi connectivity index (χ0v) is 6.91. The lowest BCUT2D eigenvalue weighted by Gasteiger charge is -2.18. The molecule has 0 aromatic rings. The molecule has 0 heterocycles. The molecule has 0 radical (unpaired) electrons. The van der Waals surface area contributed by atoms with E-state index < -0.39 is 17.4 Å². The molecule has 1 atom stereocenters. The van der Waals surface area contributed by atoms with E-state index in [1.165, 1.54) is 6.92 Å². The van der Waals surface area contributed by atoms with Crippen molar-refractivity contribution >= 4 is 11.8 Å². The summed E-state index contributed by atoms with van der Waals surface area (Å²) in [6, 6.07) is 0. The third kappa shape index (κ3) is 3.30. The Balaban J connectivity index is 4.12. The average molecular weight is 172 g/mol. The molecule has 0 rings (SSSR count). The molecule has 0 saturated carbocycles. The number of carboxylic acid groups (broad SMARTS) is 1. The van der Waals surface area contributed by atoms with E-state index in [9.17, 15) is 14.7 Å². The lowest BCUT2D eigenvalue weighted by Crippen LogP contribution is -2.34. The molecule has 0 aliphatic rings. The maximum absolute atomic E-state index is 10.9. The van der Waals surface area contributed by atoms with Crippen LogP contribution in [0.4, 0.5) is 0 Å². The largest absolute Gasteiger partial charge is 0.481 e. The van der Waals surface area contributed by atoms with Gasteiger partial charge in [-0.2, -0.15) is 0 Å². The fourth-order valence-electron chi connectivity index (χ4n) is 0.693. The van der Waals surface area contributed by atoms with Gasteiger partial charge in [0.2, 0.25) is 0 Å². The van der Waals surface area contributed by atoms with Crippen LogP contribution in [0.2, 0.25) is 0 Å². The molecule has 0 bridgehead atoms. The number of carboxylic acids is 1. The summed E-state index contributed by atoms with van der Waals surface area (Å²) in [4.78, 5) is 21.0. The lowest BCUT2D eigenvalue weighted by atomic mass is 9.95. The van der Waals surface area contributed by atoms with Crippen LogP contribution in [0, 0.1) is 0 Å². The molecule has 0 amide bonds. The monoisotopic (exact) mass is 172 g/mol. The van der Waals surface area contributed by atoms with Crippen molar-refractivity contribution in [2.24, 2.45) is 0 Å². The van der Waals surface area contributed by atoms with Crippen LogP contribution in [-0.4, -0.2) is 27.6 Å². The molecule has 0 aliphatic heterocycles. The van der Waals surface area contributed by atoms with Gasteiger partial charge in [-0.3, -0.25) is 9.59 Å². The van der Waals surface area contributed by atoms with Crippen LogP contribution in [0.5, 0.6) is 0 Å². The van der Waals surface area contributed by atoms with Crippen LogP contribution >= 0.6 is 0 Å². The van der Waals surface area contributed by atoms with Crippen molar-refractivity contribution in [1.82, 2.24) is 0 Å². The van der Waals surface area contributed by atoms with E-state index in [0.29, 0.717) is 0 Å². The summed E-state index contributed by atoms with van der Waals surface area (Å²) in [7, 11) is 0. The third-order valence-electron chi connectivity index (χ3n) is 1.54. The molecule has 4 heteroatoms. The van der Waals surface area contributed by atoms with Crippen molar-refractivity contribution in [1.29, 1.82) is 0 Å². The summed E-state index contributed by atoms with van der Waals surface area (Å²) in [6.45, 7) is 4.47. The maximum atomic E-state index is 10.9. The first-order valence-electron chi connectivity index (χ1n) is 3.51. The van der Waals surface area contributed by atoms with E-state index in [2.05, 4.69) is 6.58 Å². The number of carbonyl (C=O) groups is 2. The van der Waals surface area contributed by atoms with Gasteiger partial charge in [-0.05, 0) is 19.4 Å². The normalized spacial score (nSPS) is 14.8. The summed E-state index contributed by atoms with van der Waals surface area (Å²) in [5.41, 5.74) is -1.60. The van der Waals surface area contributed by atoms with E-state index in [-0.39, 0.29) is 12.8 Å². The topological polar surface area (TPSA) is 74.6 Å². The Morgan fingerprint density at radius 1 is 1.58 bits per heavy atom. The van der Waals surface area contributed by atoms with Crippen LogP contribution in [0.15, 0.2) is 12.7 Å². The number of ketones is 1. The molecule has 0 fully saturated rings. The Bertz CT molecular complexity index is 205. The molecule has 0 saturated heterocycles. The smallest absolute Gasteiger partial charge is 0.303 e. The Morgan fingerprint density at radius 2 is 2.08 bits per heavy atom. The molecule has 12 heavy (non-hydrogen) atoms. The number of hydrogen-bond donors (Lipinski definition) is 2. The average Bonchev–Trinajstić information content (AvgIpc) is 1.99. The minimum Gasteiger partial charge on any atom is -0.481 e. The molecule has 0 aliphatic carbocycles. The number of rotatable bonds is 5. The van der Waals surface area contributed by atoms with Gasteiger partial charge in [-0.15, -0.1) is 0 Å². The number of carbonyl (C=O) groups excluding carboxylic acids is 1. The van der Waals surface area contributed by atoms with Gasteiger partial charge < -0.3 is 10.2 Å². The Labute approximate surface area is 70.5 Å². The molecule has 1 unspecified atom stereocenters. The lowest BCUT2D eigenvalue weighted by molar-refractivity contribution is -0.140. The first-order valence-corrected chi connectivity index (χ1v) is 3.51. The standard InChI is InChI=1S/C8H12O4/c1-3-6(9)8(2,12)5-4-7(10)11/h3,12H,1,4-5H2,2H3,(H,10,11). The SMILES string of the molecule is C=CC(=O)C(C)(O)CCC(=O)O. The molecule has 0 aromatic heterocycles. The first-order chi connectivity index (χ1) is 5.40. The number of hydrogen-bond acceptors (Lipinski definition) is 3. The minimum atomic E-state index is -1.60. The second-order valence-electron chi connectivity index (χ2n) is 2.74. The fourth-order valence-corrected chi connectivity index (χ4v) is 0.693. The van der Waals surface area contributed by atoms with Crippen LogP contribution in [0.25, 0.3) is 0 Å². The first kappa shape index (κ1) is 10.8. The number of aliphatic carboxylic acids is 1. The third-order valence-corrected chi connectivity index (χ3v) is 1.54. The highest BCUT2D eigenvalue weighted by Gasteiger charge is 2.27. The summed E-state index contributed by atoms with van der Waals surface area (Å²) in [5, 5.41) is 17.6. The molecular weight excluding hydrogens is 160 g/mol. The van der Waals surface area contributed by atoms with E-state index in [0.717, 1.165) is 6.08 Å². The van der Waals surface area contributed by atoms with E-state index >= 15 is 0 Å². The fraction of sp³-hybridized carbons (Fsp3) is 0.500. The van der Waals surface area contributed by atoms with Gasteiger partial charge in [0.1, 0.15) is 5.60 Å². The molecule has 0 spiro atoms. The number of aliphatic hydroxyl groups is 1.